The standard InChI is InChI=1S/C70H51BCl2N2/c1-70(2,3)54-42-65-67-66(43-54)75(69-59(50-30-18-8-19-31-50)40-53(47-24-12-5-13-25-47)41-60(69)51-32-20-9-21-33-51)64-45-56(73)35-37-62(64)71(67)61-36-34-55(72)44-63(61)74(65)68-57(48-26-14-6-15-27-48)38-52(46-22-10-4-11-23-46)39-58(68)49-28-16-7-17-29-49/h4-45H,1-3H3. The molecule has 75 heavy (non-hydrogen) atoms. The predicted molar refractivity (Wildman–Crippen MR) is 322 cm³/mol. The van der Waals surface area contributed by atoms with Crippen LogP contribution >= 0.6 is 23.2 Å². The molecule has 11 aromatic carbocycles. The molecule has 0 atom stereocenters. The molecular formula is C70H51BCl2N2. The van der Waals surface area contributed by atoms with Crippen LogP contribution in [0.1, 0.15) is 26.3 Å². The summed E-state index contributed by atoms with van der Waals surface area (Å²) in [5.74, 6) is 0. The minimum absolute atomic E-state index is 0.177. The van der Waals surface area contributed by atoms with Crippen LogP contribution in [0.5, 0.6) is 0 Å². The predicted octanol–water partition coefficient (Wildman–Crippen LogP) is 18.4. The summed E-state index contributed by atoms with van der Waals surface area (Å²) in [5, 5.41) is 1.34. The minimum atomic E-state index is -0.273. The van der Waals surface area contributed by atoms with Gasteiger partial charge in [0.2, 0.25) is 0 Å². The summed E-state index contributed by atoms with van der Waals surface area (Å²) in [6, 6.07) is 92.5. The van der Waals surface area contributed by atoms with Crippen molar-refractivity contribution in [1.29, 1.82) is 0 Å². The highest BCUT2D eigenvalue weighted by atomic mass is 35.5. The quantitative estimate of drug-likeness (QED) is 0.140. The molecule has 358 valence electrons. The van der Waals surface area contributed by atoms with E-state index in [9.17, 15) is 0 Å². The van der Waals surface area contributed by atoms with E-state index in [0.29, 0.717) is 10.0 Å². The van der Waals surface area contributed by atoms with Crippen molar-refractivity contribution >= 4 is 80.4 Å². The Balaban J connectivity index is 1.20. The zero-order valence-corrected chi connectivity index (χ0v) is 43.5. The number of anilines is 6. The Bertz CT molecular complexity index is 3560. The summed E-state index contributed by atoms with van der Waals surface area (Å²) in [5.41, 5.74) is 24.4. The van der Waals surface area contributed by atoms with E-state index in [-0.39, 0.29) is 12.1 Å². The third kappa shape index (κ3) is 8.25. The molecule has 0 bridgehead atoms. The summed E-state index contributed by atoms with van der Waals surface area (Å²) < 4.78 is 0. The van der Waals surface area contributed by atoms with E-state index in [1.165, 1.54) is 11.0 Å². The van der Waals surface area contributed by atoms with E-state index < -0.39 is 0 Å². The van der Waals surface area contributed by atoms with Gasteiger partial charge in [-0.15, -0.1) is 0 Å². The summed E-state index contributed by atoms with van der Waals surface area (Å²) in [6.07, 6.45) is 0. The molecule has 0 unspecified atom stereocenters. The lowest BCUT2D eigenvalue weighted by atomic mass is 9.33. The Morgan fingerprint density at radius 1 is 0.307 bits per heavy atom. The van der Waals surface area contributed by atoms with Gasteiger partial charge >= 0.3 is 0 Å². The second-order valence-corrected chi connectivity index (χ2v) is 21.6. The first kappa shape index (κ1) is 46.5. The van der Waals surface area contributed by atoms with Crippen LogP contribution in [-0.2, 0) is 5.41 Å². The van der Waals surface area contributed by atoms with Gasteiger partial charge in [-0.2, -0.15) is 0 Å². The topological polar surface area (TPSA) is 6.48 Å². The van der Waals surface area contributed by atoms with Crippen molar-refractivity contribution in [2.24, 2.45) is 0 Å². The number of benzene rings is 11. The molecule has 13 rings (SSSR count). The van der Waals surface area contributed by atoms with E-state index in [1.807, 2.05) is 0 Å². The van der Waals surface area contributed by atoms with Crippen LogP contribution < -0.4 is 26.2 Å². The second-order valence-electron chi connectivity index (χ2n) is 20.7. The molecule has 0 amide bonds. The molecule has 11 aromatic rings. The van der Waals surface area contributed by atoms with Crippen LogP contribution in [0, 0.1) is 0 Å². The molecule has 0 aromatic heterocycles. The highest BCUT2D eigenvalue weighted by Crippen LogP contribution is 2.55. The molecule has 0 aliphatic carbocycles. The smallest absolute Gasteiger partial charge is 0.252 e. The van der Waals surface area contributed by atoms with Gasteiger partial charge in [0, 0.05) is 55.0 Å². The maximum Gasteiger partial charge on any atom is 0.252 e. The molecule has 0 saturated heterocycles. The normalized spacial score (nSPS) is 12.5. The minimum Gasteiger partial charge on any atom is -0.310 e. The Labute approximate surface area is 450 Å². The fourth-order valence-corrected chi connectivity index (χ4v) is 11.9. The fraction of sp³-hybridized carbons (Fsp3) is 0.0571. The van der Waals surface area contributed by atoms with Gasteiger partial charge in [0.05, 0.1) is 11.4 Å². The molecule has 2 aliphatic heterocycles. The number of fused-ring (bicyclic) bond motifs is 4. The summed E-state index contributed by atoms with van der Waals surface area (Å²) in [4.78, 5) is 5.11. The largest absolute Gasteiger partial charge is 0.310 e. The molecule has 5 heteroatoms. The molecule has 0 spiro atoms. The number of hydrogen-bond acceptors (Lipinski definition) is 2. The monoisotopic (exact) mass is 1000 g/mol. The second kappa shape index (κ2) is 18.9. The van der Waals surface area contributed by atoms with Crippen molar-refractivity contribution in [1.82, 2.24) is 0 Å². The number of rotatable bonds is 8. The first-order valence-corrected chi connectivity index (χ1v) is 26.5. The first-order chi connectivity index (χ1) is 36.7. The van der Waals surface area contributed by atoms with Crippen molar-refractivity contribution in [3.05, 3.63) is 270 Å². The summed E-state index contributed by atoms with van der Waals surface area (Å²) in [7, 11) is 0. The van der Waals surface area contributed by atoms with E-state index in [4.69, 9.17) is 23.2 Å². The van der Waals surface area contributed by atoms with Crippen LogP contribution in [0.2, 0.25) is 10.0 Å². The number of hydrogen-bond donors (Lipinski definition) is 0. The van der Waals surface area contributed by atoms with E-state index in [1.54, 1.807) is 0 Å². The van der Waals surface area contributed by atoms with E-state index in [2.05, 4.69) is 285 Å². The Morgan fingerprint density at radius 2 is 0.600 bits per heavy atom. The fourth-order valence-electron chi connectivity index (χ4n) is 11.5. The van der Waals surface area contributed by atoms with E-state index >= 15 is 0 Å². The molecule has 2 heterocycles. The molecular weight excluding hydrogens is 951 g/mol. The van der Waals surface area contributed by atoms with Gasteiger partial charge in [-0.05, 0) is 133 Å². The van der Waals surface area contributed by atoms with E-state index in [0.717, 1.165) is 112 Å². The zero-order chi connectivity index (χ0) is 50.8. The molecule has 2 aliphatic rings. The number of halogens is 2. The average Bonchev–Trinajstić information content (AvgIpc) is 3.46. The van der Waals surface area contributed by atoms with Gasteiger partial charge in [0.15, 0.2) is 0 Å². The van der Waals surface area contributed by atoms with Gasteiger partial charge in [-0.1, -0.05) is 238 Å². The lowest BCUT2D eigenvalue weighted by molar-refractivity contribution is 0.590. The van der Waals surface area contributed by atoms with Crippen molar-refractivity contribution < 1.29 is 0 Å². The van der Waals surface area contributed by atoms with Crippen LogP contribution in [0.15, 0.2) is 255 Å². The van der Waals surface area contributed by atoms with Gasteiger partial charge in [0.1, 0.15) is 0 Å². The van der Waals surface area contributed by atoms with Crippen LogP contribution in [0.4, 0.5) is 34.1 Å². The SMILES string of the molecule is CC(C)(C)c1cc2c3c(c1)N(c1c(-c4ccccc4)cc(-c4ccccc4)cc1-c1ccccc1)c1cc(Cl)ccc1B3c1ccc(Cl)cc1N2c1c(-c2ccccc2)cc(-c2ccccc2)cc1-c1ccccc1. The van der Waals surface area contributed by atoms with Crippen molar-refractivity contribution in [3.63, 3.8) is 0 Å². The maximum atomic E-state index is 7.30. The number of nitrogens with zero attached hydrogens (tertiary/aromatic N) is 2. The van der Waals surface area contributed by atoms with Crippen LogP contribution in [0.25, 0.3) is 66.8 Å². The Hall–Kier alpha value is -8.34. The van der Waals surface area contributed by atoms with Crippen molar-refractivity contribution in [2.45, 2.75) is 26.2 Å². The third-order valence-corrected chi connectivity index (χ3v) is 15.6. The van der Waals surface area contributed by atoms with Crippen molar-refractivity contribution in [2.75, 3.05) is 9.80 Å². The highest BCUT2D eigenvalue weighted by molar-refractivity contribution is 7.00. The van der Waals surface area contributed by atoms with Gasteiger partial charge < -0.3 is 9.80 Å². The Morgan fingerprint density at radius 3 is 0.893 bits per heavy atom. The van der Waals surface area contributed by atoms with Gasteiger partial charge in [-0.25, -0.2) is 0 Å². The molecule has 2 nitrogen and oxygen atoms in total. The summed E-state index contributed by atoms with van der Waals surface area (Å²) in [6.45, 7) is 6.80. The zero-order valence-electron chi connectivity index (χ0n) is 42.0. The summed E-state index contributed by atoms with van der Waals surface area (Å²) >= 11 is 14.6. The third-order valence-electron chi connectivity index (χ3n) is 15.1. The highest BCUT2D eigenvalue weighted by Gasteiger charge is 2.46. The van der Waals surface area contributed by atoms with Gasteiger partial charge in [-0.3, -0.25) is 0 Å². The molecule has 0 fully saturated rings. The molecule has 0 radical (unpaired) electrons. The Kier molecular flexibility index (Phi) is 11.7. The van der Waals surface area contributed by atoms with Gasteiger partial charge in [0.25, 0.3) is 6.71 Å². The first-order valence-electron chi connectivity index (χ1n) is 25.7. The molecule has 0 saturated carbocycles. The van der Waals surface area contributed by atoms with Crippen LogP contribution in [-0.4, -0.2) is 6.71 Å². The maximum absolute atomic E-state index is 7.30. The van der Waals surface area contributed by atoms with Crippen LogP contribution in [0.3, 0.4) is 0 Å². The lowest BCUT2D eigenvalue weighted by Crippen LogP contribution is -2.61. The lowest BCUT2D eigenvalue weighted by Gasteiger charge is -2.46. The molecule has 0 N–H and O–H groups in total. The van der Waals surface area contributed by atoms with Crippen molar-refractivity contribution in [3.8, 4) is 66.8 Å². The average molecular weight is 1000 g/mol.